The fraction of sp³-hybridized carbons (Fsp3) is 0.455. The first-order valence-corrected chi connectivity index (χ1v) is 4.98. The summed E-state index contributed by atoms with van der Waals surface area (Å²) in [6.45, 7) is 5.68. The van der Waals surface area contributed by atoms with E-state index in [0.29, 0.717) is 11.4 Å². The van der Waals surface area contributed by atoms with Gasteiger partial charge in [-0.3, -0.25) is 10.1 Å². The van der Waals surface area contributed by atoms with Crippen LogP contribution in [-0.2, 0) is 0 Å². The lowest BCUT2D eigenvalue weighted by Gasteiger charge is -2.21. The van der Waals surface area contributed by atoms with Gasteiger partial charge in [0.05, 0.1) is 11.0 Å². The standard InChI is InChI=1S/C11H16N2O3/c1-11(2,3)16-10-6-8(12-4)5-9(7-10)13(14)15/h5-7,12H,1-4H3. The van der Waals surface area contributed by atoms with E-state index in [9.17, 15) is 10.1 Å². The Bertz CT molecular complexity index is 397. The second-order valence-electron chi connectivity index (χ2n) is 4.44. The highest BCUT2D eigenvalue weighted by atomic mass is 16.6. The molecule has 88 valence electrons. The van der Waals surface area contributed by atoms with Crippen molar-refractivity contribution in [3.63, 3.8) is 0 Å². The predicted octanol–water partition coefficient (Wildman–Crippen LogP) is 2.81. The summed E-state index contributed by atoms with van der Waals surface area (Å²) in [5.41, 5.74) is 0.305. The van der Waals surface area contributed by atoms with Crippen molar-refractivity contribution < 1.29 is 9.66 Å². The van der Waals surface area contributed by atoms with Crippen LogP contribution in [0.3, 0.4) is 0 Å². The third-order valence-corrected chi connectivity index (χ3v) is 1.81. The van der Waals surface area contributed by atoms with Gasteiger partial charge in [-0.15, -0.1) is 0 Å². The third kappa shape index (κ3) is 3.42. The van der Waals surface area contributed by atoms with Gasteiger partial charge >= 0.3 is 0 Å². The average molecular weight is 224 g/mol. The number of rotatable bonds is 3. The molecule has 0 bridgehead atoms. The van der Waals surface area contributed by atoms with Crippen molar-refractivity contribution in [2.45, 2.75) is 26.4 Å². The largest absolute Gasteiger partial charge is 0.488 e. The van der Waals surface area contributed by atoms with E-state index in [0.717, 1.165) is 0 Å². The van der Waals surface area contributed by atoms with Crippen LogP contribution in [0, 0.1) is 10.1 Å². The molecule has 0 saturated heterocycles. The molecule has 0 fully saturated rings. The van der Waals surface area contributed by atoms with E-state index in [4.69, 9.17) is 4.74 Å². The molecule has 5 heteroatoms. The number of ether oxygens (including phenoxy) is 1. The molecule has 0 radical (unpaired) electrons. The fourth-order valence-corrected chi connectivity index (χ4v) is 1.25. The zero-order chi connectivity index (χ0) is 12.3. The van der Waals surface area contributed by atoms with Crippen LogP contribution < -0.4 is 10.1 Å². The van der Waals surface area contributed by atoms with Gasteiger partial charge in [-0.2, -0.15) is 0 Å². The molecular formula is C11H16N2O3. The number of nitrogens with one attached hydrogen (secondary N) is 1. The Labute approximate surface area is 94.6 Å². The second kappa shape index (κ2) is 4.38. The molecule has 0 saturated carbocycles. The van der Waals surface area contributed by atoms with E-state index in [1.54, 1.807) is 13.1 Å². The van der Waals surface area contributed by atoms with Gasteiger partial charge in [-0.05, 0) is 20.8 Å². The Morgan fingerprint density at radius 1 is 1.31 bits per heavy atom. The van der Waals surface area contributed by atoms with Crippen molar-refractivity contribution in [3.8, 4) is 5.75 Å². The topological polar surface area (TPSA) is 64.4 Å². The highest BCUT2D eigenvalue weighted by Gasteiger charge is 2.15. The third-order valence-electron chi connectivity index (χ3n) is 1.81. The van der Waals surface area contributed by atoms with Gasteiger partial charge in [0.2, 0.25) is 0 Å². The molecule has 16 heavy (non-hydrogen) atoms. The van der Waals surface area contributed by atoms with Crippen LogP contribution in [-0.4, -0.2) is 17.6 Å². The molecule has 5 nitrogen and oxygen atoms in total. The normalized spacial score (nSPS) is 11.0. The summed E-state index contributed by atoms with van der Waals surface area (Å²) in [6.07, 6.45) is 0. The van der Waals surface area contributed by atoms with Crippen molar-refractivity contribution in [2.24, 2.45) is 0 Å². The first kappa shape index (κ1) is 12.3. The van der Waals surface area contributed by atoms with Gasteiger partial charge in [-0.25, -0.2) is 0 Å². The van der Waals surface area contributed by atoms with Crippen LogP contribution >= 0.6 is 0 Å². The smallest absolute Gasteiger partial charge is 0.275 e. The van der Waals surface area contributed by atoms with Gasteiger partial charge in [0.25, 0.3) is 5.69 Å². The summed E-state index contributed by atoms with van der Waals surface area (Å²) < 4.78 is 5.59. The van der Waals surface area contributed by atoms with Crippen molar-refractivity contribution in [1.29, 1.82) is 0 Å². The van der Waals surface area contributed by atoms with Gasteiger partial charge in [0.15, 0.2) is 0 Å². The van der Waals surface area contributed by atoms with E-state index in [1.807, 2.05) is 20.8 Å². The number of nitro groups is 1. The van der Waals surface area contributed by atoms with Crippen LogP contribution in [0.1, 0.15) is 20.8 Å². The lowest BCUT2D eigenvalue weighted by atomic mass is 10.2. The average Bonchev–Trinajstić information content (AvgIpc) is 2.14. The van der Waals surface area contributed by atoms with Gasteiger partial charge in [0, 0.05) is 24.9 Å². The highest BCUT2D eigenvalue weighted by Crippen LogP contribution is 2.28. The molecule has 0 aliphatic heterocycles. The molecule has 0 aliphatic rings. The van der Waals surface area contributed by atoms with E-state index in [2.05, 4.69) is 5.32 Å². The lowest BCUT2D eigenvalue weighted by Crippen LogP contribution is -2.23. The predicted molar refractivity (Wildman–Crippen MR) is 63.0 cm³/mol. The number of benzene rings is 1. The zero-order valence-corrected chi connectivity index (χ0v) is 9.90. The Kier molecular flexibility index (Phi) is 3.37. The van der Waals surface area contributed by atoms with E-state index >= 15 is 0 Å². The van der Waals surface area contributed by atoms with Crippen LogP contribution in [0.5, 0.6) is 5.75 Å². The molecule has 0 atom stereocenters. The maximum atomic E-state index is 10.7. The summed E-state index contributed by atoms with van der Waals surface area (Å²) >= 11 is 0. The Hall–Kier alpha value is -1.78. The van der Waals surface area contributed by atoms with Crippen LogP contribution in [0.25, 0.3) is 0 Å². The summed E-state index contributed by atoms with van der Waals surface area (Å²) in [6, 6.07) is 4.62. The zero-order valence-electron chi connectivity index (χ0n) is 9.90. The molecule has 0 unspecified atom stereocenters. The molecule has 0 aliphatic carbocycles. The number of nitrogens with zero attached hydrogens (tertiary/aromatic N) is 1. The Morgan fingerprint density at radius 2 is 1.94 bits per heavy atom. The summed E-state index contributed by atoms with van der Waals surface area (Å²) in [5, 5.41) is 13.6. The minimum absolute atomic E-state index is 0.0195. The molecule has 1 rings (SSSR count). The SMILES string of the molecule is CNc1cc(OC(C)(C)C)cc([N+](=O)[O-])c1. The number of anilines is 1. The summed E-state index contributed by atoms with van der Waals surface area (Å²) in [4.78, 5) is 10.3. The molecule has 1 N–H and O–H groups in total. The highest BCUT2D eigenvalue weighted by molar-refractivity contribution is 5.56. The first-order valence-electron chi connectivity index (χ1n) is 4.98. The van der Waals surface area contributed by atoms with Crippen molar-refractivity contribution in [1.82, 2.24) is 0 Å². The van der Waals surface area contributed by atoms with E-state index in [-0.39, 0.29) is 11.3 Å². The number of non-ortho nitro benzene ring substituents is 1. The monoisotopic (exact) mass is 224 g/mol. The van der Waals surface area contributed by atoms with Gasteiger partial charge < -0.3 is 10.1 Å². The molecular weight excluding hydrogens is 208 g/mol. The Balaban J connectivity index is 3.09. The summed E-state index contributed by atoms with van der Waals surface area (Å²) in [5.74, 6) is 0.492. The lowest BCUT2D eigenvalue weighted by molar-refractivity contribution is -0.384. The summed E-state index contributed by atoms with van der Waals surface area (Å²) in [7, 11) is 1.71. The Morgan fingerprint density at radius 3 is 2.38 bits per heavy atom. The van der Waals surface area contributed by atoms with Gasteiger partial charge in [0.1, 0.15) is 11.4 Å². The van der Waals surface area contributed by atoms with E-state index < -0.39 is 4.92 Å². The van der Waals surface area contributed by atoms with Crippen molar-refractivity contribution in [3.05, 3.63) is 28.3 Å². The fourth-order valence-electron chi connectivity index (χ4n) is 1.25. The number of hydrogen-bond acceptors (Lipinski definition) is 4. The second-order valence-corrected chi connectivity index (χ2v) is 4.44. The molecule has 0 aromatic heterocycles. The molecule has 1 aromatic carbocycles. The quantitative estimate of drug-likeness (QED) is 0.633. The molecule has 0 heterocycles. The van der Waals surface area contributed by atoms with Gasteiger partial charge in [-0.1, -0.05) is 0 Å². The van der Waals surface area contributed by atoms with E-state index in [1.165, 1.54) is 12.1 Å². The minimum Gasteiger partial charge on any atom is -0.488 e. The van der Waals surface area contributed by atoms with Crippen LogP contribution in [0.2, 0.25) is 0 Å². The van der Waals surface area contributed by atoms with Crippen molar-refractivity contribution >= 4 is 11.4 Å². The molecule has 0 spiro atoms. The first-order chi connectivity index (χ1) is 7.31. The number of hydrogen-bond donors (Lipinski definition) is 1. The van der Waals surface area contributed by atoms with Crippen LogP contribution in [0.15, 0.2) is 18.2 Å². The number of nitro benzene ring substituents is 1. The maximum Gasteiger partial charge on any atom is 0.275 e. The molecule has 1 aromatic rings. The molecule has 0 amide bonds. The maximum absolute atomic E-state index is 10.7. The van der Waals surface area contributed by atoms with Crippen LogP contribution in [0.4, 0.5) is 11.4 Å². The minimum atomic E-state index is -0.434. The van der Waals surface area contributed by atoms with Crippen molar-refractivity contribution in [2.75, 3.05) is 12.4 Å².